The Morgan fingerprint density at radius 1 is 1.10 bits per heavy atom. The predicted octanol–water partition coefficient (Wildman–Crippen LogP) is 4.63. The van der Waals surface area contributed by atoms with E-state index in [-0.39, 0.29) is 0 Å². The molecule has 4 heteroatoms. The summed E-state index contributed by atoms with van der Waals surface area (Å²) in [5.41, 5.74) is 10.8. The number of nitrogens with zero attached hydrogens (tertiary/aromatic N) is 1. The van der Waals surface area contributed by atoms with E-state index in [1.54, 1.807) is 6.20 Å². The van der Waals surface area contributed by atoms with Crippen molar-refractivity contribution < 1.29 is 0 Å². The predicted molar refractivity (Wildman–Crippen MR) is 88.3 cm³/mol. The van der Waals surface area contributed by atoms with Gasteiger partial charge in [0.15, 0.2) is 0 Å². The molecule has 0 spiro atoms. The van der Waals surface area contributed by atoms with Crippen LogP contribution in [0.5, 0.6) is 0 Å². The van der Waals surface area contributed by atoms with Crippen LogP contribution in [0.15, 0.2) is 53.1 Å². The average molecular weight is 328 g/mol. The summed E-state index contributed by atoms with van der Waals surface area (Å²) in [5, 5.41) is 4.36. The first-order chi connectivity index (χ1) is 9.65. The molecule has 3 N–H and O–H groups in total. The Bertz CT molecular complexity index is 784. The van der Waals surface area contributed by atoms with Gasteiger partial charge in [-0.15, -0.1) is 0 Å². The Kier molecular flexibility index (Phi) is 3.32. The lowest BCUT2D eigenvalue weighted by Crippen LogP contribution is -1.96. The molecule has 0 atom stereocenters. The van der Waals surface area contributed by atoms with Crippen LogP contribution in [0, 0.1) is 6.92 Å². The van der Waals surface area contributed by atoms with Gasteiger partial charge < -0.3 is 11.1 Å². The van der Waals surface area contributed by atoms with Gasteiger partial charge in [-0.3, -0.25) is 4.98 Å². The maximum Gasteiger partial charge on any atom is 0.0957 e. The van der Waals surface area contributed by atoms with Gasteiger partial charge in [0.2, 0.25) is 0 Å². The Morgan fingerprint density at radius 2 is 1.90 bits per heavy atom. The van der Waals surface area contributed by atoms with Crippen molar-refractivity contribution in [3.8, 4) is 0 Å². The van der Waals surface area contributed by atoms with Crippen LogP contribution in [-0.2, 0) is 0 Å². The number of pyridine rings is 1. The second kappa shape index (κ2) is 5.13. The largest absolute Gasteiger partial charge is 0.398 e. The number of benzene rings is 2. The minimum Gasteiger partial charge on any atom is -0.398 e. The van der Waals surface area contributed by atoms with Crippen LogP contribution in [0.3, 0.4) is 0 Å². The SMILES string of the molecule is Cc1ccc(Nc2ccc(N)c3cccnc23)c(Br)c1. The second-order valence-corrected chi connectivity index (χ2v) is 5.56. The van der Waals surface area contributed by atoms with E-state index in [1.165, 1.54) is 5.56 Å². The van der Waals surface area contributed by atoms with Gasteiger partial charge in [-0.1, -0.05) is 6.07 Å². The van der Waals surface area contributed by atoms with E-state index in [4.69, 9.17) is 5.73 Å². The van der Waals surface area contributed by atoms with Crippen molar-refractivity contribution in [2.75, 3.05) is 11.1 Å². The summed E-state index contributed by atoms with van der Waals surface area (Å²) in [6.45, 7) is 2.06. The zero-order valence-electron chi connectivity index (χ0n) is 11.0. The summed E-state index contributed by atoms with van der Waals surface area (Å²) in [6, 6.07) is 13.9. The molecule has 3 nitrogen and oxygen atoms in total. The minimum absolute atomic E-state index is 0.738. The maximum absolute atomic E-state index is 5.99. The van der Waals surface area contributed by atoms with Crippen LogP contribution in [0.25, 0.3) is 10.9 Å². The molecule has 0 aliphatic rings. The van der Waals surface area contributed by atoms with Gasteiger partial charge in [-0.2, -0.15) is 0 Å². The summed E-state index contributed by atoms with van der Waals surface area (Å²) in [5.74, 6) is 0. The number of hydrogen-bond acceptors (Lipinski definition) is 3. The van der Waals surface area contributed by atoms with Crippen molar-refractivity contribution in [3.63, 3.8) is 0 Å². The molecule has 100 valence electrons. The number of rotatable bonds is 2. The fourth-order valence-corrected chi connectivity index (χ4v) is 2.75. The Morgan fingerprint density at radius 3 is 2.70 bits per heavy atom. The van der Waals surface area contributed by atoms with E-state index in [2.05, 4.69) is 45.3 Å². The van der Waals surface area contributed by atoms with Gasteiger partial charge in [0, 0.05) is 21.7 Å². The first-order valence-electron chi connectivity index (χ1n) is 6.31. The van der Waals surface area contributed by atoms with E-state index < -0.39 is 0 Å². The van der Waals surface area contributed by atoms with Crippen molar-refractivity contribution in [3.05, 3.63) is 58.7 Å². The topological polar surface area (TPSA) is 50.9 Å². The van der Waals surface area contributed by atoms with Gasteiger partial charge in [0.1, 0.15) is 0 Å². The molecule has 0 radical (unpaired) electrons. The monoisotopic (exact) mass is 327 g/mol. The van der Waals surface area contributed by atoms with Crippen LogP contribution in [0.2, 0.25) is 0 Å². The molecule has 3 rings (SSSR count). The van der Waals surface area contributed by atoms with Gasteiger partial charge in [0.05, 0.1) is 16.9 Å². The normalized spacial score (nSPS) is 10.7. The fourth-order valence-electron chi connectivity index (χ4n) is 2.16. The van der Waals surface area contributed by atoms with Gasteiger partial charge in [-0.05, 0) is 64.8 Å². The summed E-state index contributed by atoms with van der Waals surface area (Å²) < 4.78 is 1.03. The smallest absolute Gasteiger partial charge is 0.0957 e. The average Bonchev–Trinajstić information content (AvgIpc) is 2.45. The molecule has 0 fully saturated rings. The number of fused-ring (bicyclic) bond motifs is 1. The molecule has 3 aromatic rings. The van der Waals surface area contributed by atoms with Crippen molar-refractivity contribution in [1.82, 2.24) is 4.98 Å². The zero-order valence-corrected chi connectivity index (χ0v) is 12.6. The highest BCUT2D eigenvalue weighted by Gasteiger charge is 2.07. The van der Waals surface area contributed by atoms with Crippen LogP contribution in [0.4, 0.5) is 17.1 Å². The van der Waals surface area contributed by atoms with Crippen molar-refractivity contribution in [1.29, 1.82) is 0 Å². The van der Waals surface area contributed by atoms with Crippen LogP contribution in [-0.4, -0.2) is 4.98 Å². The standard InChI is InChI=1S/C16H14BrN3/c1-10-4-6-14(12(17)9-10)20-15-7-5-13(18)11-3-2-8-19-16(11)15/h2-9,20H,18H2,1H3. The Labute approximate surface area is 126 Å². The molecule has 0 bridgehead atoms. The molecule has 2 aromatic carbocycles. The lowest BCUT2D eigenvalue weighted by atomic mass is 10.1. The Hall–Kier alpha value is -2.07. The lowest BCUT2D eigenvalue weighted by molar-refractivity contribution is 1.39. The number of nitrogen functional groups attached to an aromatic ring is 1. The number of anilines is 3. The van der Waals surface area contributed by atoms with Crippen LogP contribution >= 0.6 is 15.9 Å². The molecule has 1 aromatic heterocycles. The Balaban J connectivity index is 2.09. The van der Waals surface area contributed by atoms with E-state index in [1.807, 2.05) is 30.3 Å². The highest BCUT2D eigenvalue weighted by atomic mass is 79.9. The highest BCUT2D eigenvalue weighted by Crippen LogP contribution is 2.31. The first-order valence-corrected chi connectivity index (χ1v) is 7.11. The molecule has 0 aliphatic carbocycles. The summed E-state index contributed by atoms with van der Waals surface area (Å²) in [7, 11) is 0. The molecular weight excluding hydrogens is 314 g/mol. The van der Waals surface area contributed by atoms with Crippen molar-refractivity contribution in [2.45, 2.75) is 6.92 Å². The molecule has 0 saturated carbocycles. The second-order valence-electron chi connectivity index (χ2n) is 4.71. The number of halogens is 1. The number of nitrogens with two attached hydrogens (primary N) is 1. The molecule has 0 saturated heterocycles. The lowest BCUT2D eigenvalue weighted by Gasteiger charge is -2.12. The molecule has 1 heterocycles. The van der Waals surface area contributed by atoms with E-state index in [0.717, 1.165) is 32.4 Å². The third-order valence-electron chi connectivity index (χ3n) is 3.20. The van der Waals surface area contributed by atoms with E-state index in [9.17, 15) is 0 Å². The number of hydrogen-bond donors (Lipinski definition) is 2. The van der Waals surface area contributed by atoms with Crippen LogP contribution < -0.4 is 11.1 Å². The molecular formula is C16H14BrN3. The number of aromatic nitrogens is 1. The first kappa shape index (κ1) is 12.9. The molecule has 0 aliphatic heterocycles. The summed E-state index contributed by atoms with van der Waals surface area (Å²) in [4.78, 5) is 4.43. The third-order valence-corrected chi connectivity index (χ3v) is 3.85. The molecule has 0 amide bonds. The quantitative estimate of drug-likeness (QED) is 0.674. The summed E-state index contributed by atoms with van der Waals surface area (Å²) >= 11 is 3.58. The summed E-state index contributed by atoms with van der Waals surface area (Å²) in [6.07, 6.45) is 1.77. The van der Waals surface area contributed by atoms with Gasteiger partial charge in [-0.25, -0.2) is 0 Å². The number of aryl methyl sites for hydroxylation is 1. The molecule has 0 unspecified atom stereocenters. The number of nitrogens with one attached hydrogen (secondary N) is 1. The molecule has 20 heavy (non-hydrogen) atoms. The van der Waals surface area contributed by atoms with Crippen LogP contribution in [0.1, 0.15) is 5.56 Å². The highest BCUT2D eigenvalue weighted by molar-refractivity contribution is 9.10. The maximum atomic E-state index is 5.99. The third kappa shape index (κ3) is 2.34. The fraction of sp³-hybridized carbons (Fsp3) is 0.0625. The van der Waals surface area contributed by atoms with E-state index >= 15 is 0 Å². The van der Waals surface area contributed by atoms with Gasteiger partial charge in [0.25, 0.3) is 0 Å². The van der Waals surface area contributed by atoms with E-state index in [0.29, 0.717) is 0 Å². The van der Waals surface area contributed by atoms with Crippen molar-refractivity contribution in [2.24, 2.45) is 0 Å². The zero-order chi connectivity index (χ0) is 14.1. The van der Waals surface area contributed by atoms with Gasteiger partial charge >= 0.3 is 0 Å². The van der Waals surface area contributed by atoms with Crippen molar-refractivity contribution >= 4 is 43.9 Å². The minimum atomic E-state index is 0.738.